The van der Waals surface area contributed by atoms with Crippen LogP contribution in [-0.4, -0.2) is 34.1 Å². The minimum Gasteiger partial charge on any atom is -0.478 e. The Kier molecular flexibility index (Phi) is 6.16. The number of rotatable bonds is 7. The average Bonchev–Trinajstić information content (AvgIpc) is 2.91. The highest BCUT2D eigenvalue weighted by Gasteiger charge is 2.21. The number of carbonyl (C=O) groups is 3. The number of aromatic carboxylic acids is 1. The van der Waals surface area contributed by atoms with E-state index in [0.717, 1.165) is 0 Å². The van der Waals surface area contributed by atoms with Gasteiger partial charge in [0.1, 0.15) is 0 Å². The Labute approximate surface area is 151 Å². The molecule has 138 valence electrons. The van der Waals surface area contributed by atoms with Crippen LogP contribution in [0.25, 0.3) is 0 Å². The van der Waals surface area contributed by atoms with Crippen LogP contribution in [-0.2, 0) is 22.5 Å². The van der Waals surface area contributed by atoms with E-state index in [1.165, 1.54) is 0 Å². The van der Waals surface area contributed by atoms with Crippen molar-refractivity contribution in [3.05, 3.63) is 52.8 Å². The molecule has 0 radical (unpaired) electrons. The third-order valence-electron chi connectivity index (χ3n) is 3.94. The summed E-state index contributed by atoms with van der Waals surface area (Å²) in [6.45, 7) is 6.20. The molecule has 0 bridgehead atoms. The number of ether oxygens (including phenoxy) is 1. The standard InChI is InChI=1S/C19H22N2O5/c1-4-21-11-12(3)17(18(23)24)15(21)10-16(22)20-14-8-6-13(7-9-14)19(25)26-5-2/h6-9,11H,4-5,10H2,1-3H3,(H,20,22)(H,23,24). The third-order valence-corrected chi connectivity index (χ3v) is 3.94. The Hall–Kier alpha value is -3.09. The Bertz CT molecular complexity index is 821. The Morgan fingerprint density at radius 3 is 2.35 bits per heavy atom. The predicted molar refractivity (Wildman–Crippen MR) is 96.5 cm³/mol. The van der Waals surface area contributed by atoms with E-state index in [1.807, 2.05) is 6.92 Å². The van der Waals surface area contributed by atoms with Gasteiger partial charge in [-0.25, -0.2) is 9.59 Å². The molecule has 7 nitrogen and oxygen atoms in total. The molecule has 2 aromatic rings. The summed E-state index contributed by atoms with van der Waals surface area (Å²) in [5.74, 6) is -1.80. The fraction of sp³-hybridized carbons (Fsp3) is 0.316. The van der Waals surface area contributed by atoms with Crippen LogP contribution in [0.4, 0.5) is 5.69 Å². The molecule has 0 aliphatic heterocycles. The minimum atomic E-state index is -1.05. The Balaban J connectivity index is 2.12. The second-order valence-corrected chi connectivity index (χ2v) is 5.75. The lowest BCUT2D eigenvalue weighted by atomic mass is 10.1. The maximum atomic E-state index is 12.3. The van der Waals surface area contributed by atoms with E-state index < -0.39 is 11.9 Å². The van der Waals surface area contributed by atoms with Crippen LogP contribution in [0, 0.1) is 6.92 Å². The number of carboxylic acid groups (broad SMARTS) is 1. The Morgan fingerprint density at radius 2 is 1.81 bits per heavy atom. The summed E-state index contributed by atoms with van der Waals surface area (Å²) < 4.78 is 6.67. The quantitative estimate of drug-likeness (QED) is 0.742. The van der Waals surface area contributed by atoms with Crippen LogP contribution in [0.1, 0.15) is 45.8 Å². The van der Waals surface area contributed by atoms with Crippen LogP contribution in [0.5, 0.6) is 0 Å². The average molecular weight is 358 g/mol. The van der Waals surface area contributed by atoms with Crippen LogP contribution >= 0.6 is 0 Å². The first-order valence-corrected chi connectivity index (χ1v) is 8.36. The zero-order valence-electron chi connectivity index (χ0n) is 15.0. The molecule has 0 atom stereocenters. The van der Waals surface area contributed by atoms with Gasteiger partial charge in [-0.3, -0.25) is 4.79 Å². The zero-order chi connectivity index (χ0) is 19.3. The van der Waals surface area contributed by atoms with Gasteiger partial charge in [-0.2, -0.15) is 0 Å². The van der Waals surface area contributed by atoms with Crippen molar-refractivity contribution in [3.63, 3.8) is 0 Å². The van der Waals surface area contributed by atoms with Gasteiger partial charge in [0, 0.05) is 24.1 Å². The summed E-state index contributed by atoms with van der Waals surface area (Å²) in [4.78, 5) is 35.4. The van der Waals surface area contributed by atoms with Gasteiger partial charge in [-0.05, 0) is 50.6 Å². The number of hydrogen-bond acceptors (Lipinski definition) is 4. The van der Waals surface area contributed by atoms with E-state index in [9.17, 15) is 19.5 Å². The number of anilines is 1. The van der Waals surface area contributed by atoms with Crippen molar-refractivity contribution in [2.45, 2.75) is 33.7 Å². The van der Waals surface area contributed by atoms with Gasteiger partial charge in [-0.1, -0.05) is 0 Å². The fourth-order valence-electron chi connectivity index (χ4n) is 2.77. The van der Waals surface area contributed by atoms with Gasteiger partial charge in [-0.15, -0.1) is 0 Å². The first-order valence-electron chi connectivity index (χ1n) is 8.36. The van der Waals surface area contributed by atoms with Gasteiger partial charge < -0.3 is 19.7 Å². The second kappa shape index (κ2) is 8.33. The normalized spacial score (nSPS) is 10.4. The third kappa shape index (κ3) is 4.30. The first kappa shape index (κ1) is 19.2. The molecule has 0 unspecified atom stereocenters. The molecule has 1 amide bonds. The lowest BCUT2D eigenvalue weighted by Gasteiger charge is -2.10. The molecular weight excluding hydrogens is 336 g/mol. The van der Waals surface area contributed by atoms with E-state index in [2.05, 4.69) is 5.32 Å². The number of amides is 1. The number of esters is 1. The maximum Gasteiger partial charge on any atom is 0.338 e. The number of benzene rings is 1. The lowest BCUT2D eigenvalue weighted by Crippen LogP contribution is -2.18. The van der Waals surface area contributed by atoms with Crippen molar-refractivity contribution < 1.29 is 24.2 Å². The summed E-state index contributed by atoms with van der Waals surface area (Å²) in [5.41, 5.74) is 2.18. The summed E-state index contributed by atoms with van der Waals surface area (Å²) in [6, 6.07) is 6.34. The summed E-state index contributed by atoms with van der Waals surface area (Å²) in [5, 5.41) is 12.1. The van der Waals surface area contributed by atoms with Gasteiger partial charge >= 0.3 is 11.9 Å². The predicted octanol–water partition coefficient (Wildman–Crippen LogP) is 2.87. The molecule has 0 fully saturated rings. The molecule has 0 saturated carbocycles. The first-order chi connectivity index (χ1) is 12.4. The Morgan fingerprint density at radius 1 is 1.15 bits per heavy atom. The van der Waals surface area contributed by atoms with E-state index in [-0.39, 0.29) is 17.9 Å². The SMILES string of the molecule is CCOC(=O)c1ccc(NC(=O)Cc2c(C(=O)O)c(C)cn2CC)cc1. The highest BCUT2D eigenvalue weighted by molar-refractivity contribution is 5.97. The van der Waals surface area contributed by atoms with E-state index in [4.69, 9.17) is 4.74 Å². The smallest absolute Gasteiger partial charge is 0.338 e. The molecule has 1 heterocycles. The topological polar surface area (TPSA) is 97.6 Å². The van der Waals surface area contributed by atoms with Crippen LogP contribution < -0.4 is 5.32 Å². The summed E-state index contributed by atoms with van der Waals surface area (Å²) >= 11 is 0. The van der Waals surface area contributed by atoms with E-state index in [1.54, 1.807) is 48.9 Å². The van der Waals surface area contributed by atoms with Crippen LogP contribution in [0.3, 0.4) is 0 Å². The van der Waals surface area contributed by atoms with Crippen molar-refractivity contribution >= 4 is 23.5 Å². The van der Waals surface area contributed by atoms with Crippen molar-refractivity contribution in [1.29, 1.82) is 0 Å². The van der Waals surface area contributed by atoms with Crippen molar-refractivity contribution in [2.75, 3.05) is 11.9 Å². The number of nitrogens with zero attached hydrogens (tertiary/aromatic N) is 1. The molecule has 1 aromatic heterocycles. The monoisotopic (exact) mass is 358 g/mol. The van der Waals surface area contributed by atoms with Gasteiger partial charge in [0.05, 0.1) is 24.2 Å². The zero-order valence-corrected chi connectivity index (χ0v) is 15.0. The number of aromatic nitrogens is 1. The number of aryl methyl sites for hydroxylation is 2. The highest BCUT2D eigenvalue weighted by atomic mass is 16.5. The molecule has 1 aromatic carbocycles. The number of carboxylic acids is 1. The number of nitrogens with one attached hydrogen (secondary N) is 1. The van der Waals surface area contributed by atoms with E-state index in [0.29, 0.717) is 35.7 Å². The second-order valence-electron chi connectivity index (χ2n) is 5.75. The molecule has 0 spiro atoms. The minimum absolute atomic E-state index is 0.0526. The molecule has 26 heavy (non-hydrogen) atoms. The molecule has 0 aliphatic rings. The molecule has 7 heteroatoms. The van der Waals surface area contributed by atoms with E-state index >= 15 is 0 Å². The highest BCUT2D eigenvalue weighted by Crippen LogP contribution is 2.19. The molecular formula is C19H22N2O5. The van der Waals surface area contributed by atoms with Crippen LogP contribution in [0.15, 0.2) is 30.5 Å². The van der Waals surface area contributed by atoms with Crippen LogP contribution in [0.2, 0.25) is 0 Å². The van der Waals surface area contributed by atoms with Gasteiger partial charge in [0.15, 0.2) is 0 Å². The van der Waals surface area contributed by atoms with Gasteiger partial charge in [0.2, 0.25) is 5.91 Å². The largest absolute Gasteiger partial charge is 0.478 e. The van der Waals surface area contributed by atoms with Gasteiger partial charge in [0.25, 0.3) is 0 Å². The number of carbonyl (C=O) groups excluding carboxylic acids is 2. The molecule has 2 N–H and O–H groups in total. The fourth-order valence-corrected chi connectivity index (χ4v) is 2.77. The summed E-state index contributed by atoms with van der Waals surface area (Å²) in [7, 11) is 0. The maximum absolute atomic E-state index is 12.3. The van der Waals surface area contributed by atoms with Crippen molar-refractivity contribution in [2.24, 2.45) is 0 Å². The molecule has 0 aliphatic carbocycles. The summed E-state index contributed by atoms with van der Waals surface area (Å²) in [6.07, 6.45) is 1.68. The molecule has 0 saturated heterocycles. The lowest BCUT2D eigenvalue weighted by molar-refractivity contribution is -0.115. The number of hydrogen-bond donors (Lipinski definition) is 2. The molecule has 2 rings (SSSR count). The van der Waals surface area contributed by atoms with Crippen molar-refractivity contribution in [3.8, 4) is 0 Å². The van der Waals surface area contributed by atoms with Crippen molar-refractivity contribution in [1.82, 2.24) is 4.57 Å².